The highest BCUT2D eigenvalue weighted by molar-refractivity contribution is 4.95. The highest BCUT2D eigenvalue weighted by Gasteiger charge is 2.52. The van der Waals surface area contributed by atoms with E-state index in [4.69, 9.17) is 33.2 Å². The molecule has 4 saturated heterocycles. The third-order valence-electron chi connectivity index (χ3n) is 8.43. The molecule has 4 aliphatic heterocycles. The maximum atomic E-state index is 10.8. The van der Waals surface area contributed by atoms with Crippen molar-refractivity contribution < 1.29 is 99.5 Å². The fourth-order valence-corrected chi connectivity index (χ4v) is 5.52. The van der Waals surface area contributed by atoms with Crippen molar-refractivity contribution in [3.8, 4) is 0 Å². The molecule has 0 bridgehead atoms. The predicted molar refractivity (Wildman–Crippen MR) is 137 cm³/mol. The first-order chi connectivity index (χ1) is 21.2. The highest BCUT2D eigenvalue weighted by atomic mass is 16.8. The molecule has 13 N–H and O–H groups in total. The average Bonchev–Trinajstić information content (AvgIpc) is 3.03. The van der Waals surface area contributed by atoms with Crippen LogP contribution in [0.15, 0.2) is 0 Å². The molecule has 0 radical (unpaired) electrons. The molecular formula is C25H44O20. The molecule has 0 amide bonds. The summed E-state index contributed by atoms with van der Waals surface area (Å²) >= 11 is 0. The van der Waals surface area contributed by atoms with Gasteiger partial charge in [0, 0.05) is 0 Å². The summed E-state index contributed by atoms with van der Waals surface area (Å²) in [5.74, 6) is 0. The Bertz CT molecular complexity index is 916. The van der Waals surface area contributed by atoms with Crippen LogP contribution in [0.25, 0.3) is 0 Å². The lowest BCUT2D eigenvalue weighted by atomic mass is 9.96. The zero-order valence-electron chi connectivity index (χ0n) is 24.0. The van der Waals surface area contributed by atoms with Crippen LogP contribution in [0.2, 0.25) is 0 Å². The lowest BCUT2D eigenvalue weighted by Crippen LogP contribution is -2.65. The van der Waals surface area contributed by atoms with Crippen LogP contribution in [0, 0.1) is 0 Å². The summed E-state index contributed by atoms with van der Waals surface area (Å²) < 4.78 is 38.4. The molecule has 0 aromatic carbocycles. The summed E-state index contributed by atoms with van der Waals surface area (Å²) in [7, 11) is 0. The van der Waals surface area contributed by atoms with Crippen LogP contribution < -0.4 is 0 Å². The van der Waals surface area contributed by atoms with Gasteiger partial charge in [-0.05, 0) is 6.92 Å². The van der Waals surface area contributed by atoms with Crippen LogP contribution in [0.3, 0.4) is 0 Å². The van der Waals surface area contributed by atoms with Crippen LogP contribution in [0.1, 0.15) is 6.92 Å². The number of hydrogen-bond acceptors (Lipinski definition) is 20. The Balaban J connectivity index is 1.43. The van der Waals surface area contributed by atoms with E-state index >= 15 is 0 Å². The number of aliphatic hydroxyl groups excluding tert-OH is 13. The molecule has 0 aromatic rings. The highest BCUT2D eigenvalue weighted by Crippen LogP contribution is 2.31. The van der Waals surface area contributed by atoms with E-state index in [1.807, 2.05) is 0 Å². The molecular weight excluding hydrogens is 620 g/mol. The van der Waals surface area contributed by atoms with E-state index in [-0.39, 0.29) is 0 Å². The van der Waals surface area contributed by atoms with Crippen molar-refractivity contribution in [2.24, 2.45) is 0 Å². The molecule has 0 spiro atoms. The monoisotopic (exact) mass is 664 g/mol. The molecule has 0 saturated carbocycles. The van der Waals surface area contributed by atoms with E-state index in [2.05, 4.69) is 0 Å². The summed E-state index contributed by atoms with van der Waals surface area (Å²) in [5, 5.41) is 132. The predicted octanol–water partition coefficient (Wildman–Crippen LogP) is -8.68. The fourth-order valence-electron chi connectivity index (χ4n) is 5.52. The number of rotatable bonds is 10. The molecule has 20 atom stereocenters. The van der Waals surface area contributed by atoms with Crippen LogP contribution in [0.4, 0.5) is 0 Å². The van der Waals surface area contributed by atoms with Crippen molar-refractivity contribution in [2.75, 3.05) is 26.4 Å². The Morgan fingerprint density at radius 1 is 0.422 bits per heavy atom. The first-order valence-electron chi connectivity index (χ1n) is 14.4. The lowest BCUT2D eigenvalue weighted by molar-refractivity contribution is -0.373. The average molecular weight is 665 g/mol. The third-order valence-corrected chi connectivity index (χ3v) is 8.43. The van der Waals surface area contributed by atoms with E-state index in [0.29, 0.717) is 0 Å². The molecule has 4 aliphatic rings. The number of ether oxygens (including phenoxy) is 7. The van der Waals surface area contributed by atoms with Crippen molar-refractivity contribution in [1.29, 1.82) is 0 Å². The lowest BCUT2D eigenvalue weighted by Gasteiger charge is -2.46. The van der Waals surface area contributed by atoms with Gasteiger partial charge in [0.05, 0.1) is 32.5 Å². The minimum Gasteiger partial charge on any atom is -0.394 e. The first-order valence-corrected chi connectivity index (χ1v) is 14.4. The molecule has 20 heteroatoms. The van der Waals surface area contributed by atoms with Crippen LogP contribution >= 0.6 is 0 Å². The molecule has 20 nitrogen and oxygen atoms in total. The topological polar surface area (TPSA) is 328 Å². The Kier molecular flexibility index (Phi) is 12.8. The molecule has 4 fully saturated rings. The molecule has 0 aliphatic carbocycles. The van der Waals surface area contributed by atoms with Crippen LogP contribution in [-0.2, 0) is 33.2 Å². The summed E-state index contributed by atoms with van der Waals surface area (Å²) in [6.45, 7) is -1.30. The van der Waals surface area contributed by atoms with Gasteiger partial charge in [-0.2, -0.15) is 0 Å². The van der Waals surface area contributed by atoms with Crippen molar-refractivity contribution in [1.82, 2.24) is 0 Å². The van der Waals surface area contributed by atoms with E-state index in [9.17, 15) is 66.4 Å². The van der Waals surface area contributed by atoms with Gasteiger partial charge >= 0.3 is 0 Å². The van der Waals surface area contributed by atoms with Gasteiger partial charge < -0.3 is 99.5 Å². The SMILES string of the molecule is C[C@H]1OC(CO[C@H]2OC(CO[C@H]3OC(CO)[C@@H](O)C(O)[C@H]3O[C@H]3OC(CO)[C@@H](O)C(O)[C@H]3O)[C@@H](O)C(O)[C@H]2O)[C@@H](O)[C@H](O)C1O. The second-order valence-corrected chi connectivity index (χ2v) is 11.5. The van der Waals surface area contributed by atoms with Crippen LogP contribution in [0.5, 0.6) is 0 Å². The van der Waals surface area contributed by atoms with Crippen LogP contribution in [-0.4, -0.2) is 215 Å². The second-order valence-electron chi connectivity index (χ2n) is 11.5. The maximum Gasteiger partial charge on any atom is 0.187 e. The van der Waals surface area contributed by atoms with Crippen molar-refractivity contribution in [3.05, 3.63) is 0 Å². The normalized spacial score (nSPS) is 52.9. The van der Waals surface area contributed by atoms with E-state index in [1.54, 1.807) is 0 Å². The van der Waals surface area contributed by atoms with Gasteiger partial charge in [-0.3, -0.25) is 0 Å². The minimum atomic E-state index is -1.90. The smallest absolute Gasteiger partial charge is 0.187 e. The molecule has 0 aromatic heterocycles. The zero-order chi connectivity index (χ0) is 33.3. The summed E-state index contributed by atoms with van der Waals surface area (Å²) in [4.78, 5) is 0. The molecule has 4 heterocycles. The summed E-state index contributed by atoms with van der Waals surface area (Å²) in [6, 6.07) is 0. The van der Waals surface area contributed by atoms with Gasteiger partial charge in [0.15, 0.2) is 18.9 Å². The standard InChI is InChI=1S/C25H44O20/c1-6-11(28)16(33)14(31)9(41-6)4-39-23-20(37)18(35)15(32)10(44-23)5-40-25-22(19(36)13(30)8(3-27)43-25)45-24-21(38)17(34)12(29)7(2-26)42-24/h6-38H,2-5H2,1H3/t6-,7?,8?,9?,10?,11?,12-,13-,14-,15-,16-,17?,18?,19?,20-,21-,22-,23+,24-,25+/m1/s1. The molecule has 264 valence electrons. The number of hydrogen-bond donors (Lipinski definition) is 13. The first kappa shape index (κ1) is 37.0. The third kappa shape index (κ3) is 7.76. The van der Waals surface area contributed by atoms with Crippen molar-refractivity contribution >= 4 is 0 Å². The fraction of sp³-hybridized carbons (Fsp3) is 1.00. The van der Waals surface area contributed by atoms with Gasteiger partial charge in [-0.1, -0.05) is 0 Å². The summed E-state index contributed by atoms with van der Waals surface area (Å²) in [6.07, 6.45) is -32.2. The van der Waals surface area contributed by atoms with E-state index in [1.165, 1.54) is 6.92 Å². The quantitative estimate of drug-likeness (QED) is 0.103. The minimum absolute atomic E-state index is 0.490. The maximum absolute atomic E-state index is 10.8. The van der Waals surface area contributed by atoms with E-state index in [0.717, 1.165) is 0 Å². The van der Waals surface area contributed by atoms with Gasteiger partial charge in [0.25, 0.3) is 0 Å². The largest absolute Gasteiger partial charge is 0.394 e. The Morgan fingerprint density at radius 2 is 0.822 bits per heavy atom. The van der Waals surface area contributed by atoms with Crippen molar-refractivity contribution in [2.45, 2.75) is 130 Å². The Hall–Kier alpha value is -0.800. The number of aliphatic hydroxyl groups is 13. The molecule has 45 heavy (non-hydrogen) atoms. The van der Waals surface area contributed by atoms with E-state index < -0.39 is 149 Å². The zero-order valence-corrected chi connectivity index (χ0v) is 24.0. The van der Waals surface area contributed by atoms with Gasteiger partial charge in [-0.25, -0.2) is 0 Å². The van der Waals surface area contributed by atoms with Gasteiger partial charge in [-0.15, -0.1) is 0 Å². The van der Waals surface area contributed by atoms with Gasteiger partial charge in [0.1, 0.15) is 97.7 Å². The summed E-state index contributed by atoms with van der Waals surface area (Å²) in [5.41, 5.74) is 0. The van der Waals surface area contributed by atoms with Gasteiger partial charge in [0.2, 0.25) is 0 Å². The second kappa shape index (κ2) is 15.6. The van der Waals surface area contributed by atoms with Crippen molar-refractivity contribution in [3.63, 3.8) is 0 Å². The Morgan fingerprint density at radius 3 is 1.38 bits per heavy atom. The Labute approximate surface area is 256 Å². The molecule has 4 rings (SSSR count). The molecule has 8 unspecified atom stereocenters.